The maximum atomic E-state index is 12.9. The zero-order chi connectivity index (χ0) is 22.7. The lowest BCUT2D eigenvalue weighted by atomic mass is 9.53. The van der Waals surface area contributed by atoms with Gasteiger partial charge in [-0.3, -0.25) is 9.59 Å². The number of rotatable bonds is 4. The van der Waals surface area contributed by atoms with Crippen LogP contribution in [0.1, 0.15) is 23.1 Å². The molecule has 1 N–H and O–H groups in total. The van der Waals surface area contributed by atoms with Gasteiger partial charge in [0.25, 0.3) is 0 Å². The van der Waals surface area contributed by atoms with Crippen molar-refractivity contribution in [3.05, 3.63) is 71.3 Å². The standard InChI is InChI=1S/C27H26N2O4/c1-29-13-12-27-18-9-10-21(30)26(27)33-25-22(32-2)15-19(17(24(25)27)14-20(18)29)28-23(31)11-8-16-6-4-3-5-7-16/h3-11,15,18,20,26H,12-14H2,1-2H3,(H,28,31)/t18-,20+,26-,27-/m0/s1. The van der Waals surface area contributed by atoms with Gasteiger partial charge in [0.2, 0.25) is 5.91 Å². The molecule has 0 unspecified atom stereocenters. The molecule has 2 aliphatic carbocycles. The van der Waals surface area contributed by atoms with E-state index in [9.17, 15) is 9.59 Å². The molecule has 4 atom stereocenters. The Morgan fingerprint density at radius 3 is 2.91 bits per heavy atom. The molecule has 2 bridgehead atoms. The van der Waals surface area contributed by atoms with Crippen LogP contribution in [0, 0.1) is 5.92 Å². The molecule has 1 fully saturated rings. The number of carbonyl (C=O) groups is 2. The van der Waals surface area contributed by atoms with Crippen molar-refractivity contribution in [2.75, 3.05) is 26.0 Å². The summed E-state index contributed by atoms with van der Waals surface area (Å²) in [4.78, 5) is 28.2. The van der Waals surface area contributed by atoms with Crippen molar-refractivity contribution in [3.8, 4) is 11.5 Å². The van der Waals surface area contributed by atoms with Gasteiger partial charge in [-0.25, -0.2) is 0 Å². The molecule has 4 aliphatic rings. The number of ether oxygens (including phenoxy) is 2. The highest BCUT2D eigenvalue weighted by Crippen LogP contribution is 2.63. The molecule has 2 aromatic carbocycles. The van der Waals surface area contributed by atoms with Gasteiger partial charge in [0.05, 0.1) is 12.5 Å². The number of methoxy groups -OCH3 is 1. The smallest absolute Gasteiger partial charge is 0.248 e. The minimum absolute atomic E-state index is 0.0111. The number of amides is 1. The van der Waals surface area contributed by atoms with Crippen LogP contribution in [0.2, 0.25) is 0 Å². The van der Waals surface area contributed by atoms with Crippen LogP contribution in [0.5, 0.6) is 11.5 Å². The van der Waals surface area contributed by atoms with Crippen molar-refractivity contribution in [1.29, 1.82) is 0 Å². The molecule has 2 aromatic rings. The molecule has 168 valence electrons. The lowest BCUT2D eigenvalue weighted by Gasteiger charge is -2.55. The van der Waals surface area contributed by atoms with E-state index in [1.54, 1.807) is 25.3 Å². The molecule has 0 aromatic heterocycles. The third kappa shape index (κ3) is 2.83. The third-order valence-corrected chi connectivity index (χ3v) is 7.82. The molecule has 2 heterocycles. The summed E-state index contributed by atoms with van der Waals surface area (Å²) in [6, 6.07) is 11.8. The number of carbonyl (C=O) groups excluding carboxylic acids is 2. The van der Waals surface area contributed by atoms with Crippen LogP contribution in [-0.2, 0) is 21.4 Å². The van der Waals surface area contributed by atoms with Crippen LogP contribution in [0.3, 0.4) is 0 Å². The monoisotopic (exact) mass is 442 g/mol. The molecule has 33 heavy (non-hydrogen) atoms. The summed E-state index contributed by atoms with van der Waals surface area (Å²) in [6.45, 7) is 0.903. The minimum Gasteiger partial charge on any atom is -0.493 e. The van der Waals surface area contributed by atoms with Crippen LogP contribution in [0.25, 0.3) is 6.08 Å². The Labute approximate surface area is 192 Å². The van der Waals surface area contributed by atoms with Gasteiger partial charge in [-0.05, 0) is 49.7 Å². The Kier molecular flexibility index (Phi) is 4.49. The van der Waals surface area contributed by atoms with Gasteiger partial charge in [0.15, 0.2) is 23.4 Å². The average Bonchev–Trinajstić information content (AvgIpc) is 3.18. The zero-order valence-corrected chi connectivity index (χ0v) is 18.7. The largest absolute Gasteiger partial charge is 0.493 e. The van der Waals surface area contributed by atoms with E-state index in [0.717, 1.165) is 41.8 Å². The molecular weight excluding hydrogens is 416 g/mol. The predicted octanol–water partition coefficient (Wildman–Crippen LogP) is 3.36. The summed E-state index contributed by atoms with van der Waals surface area (Å²) in [5, 5.41) is 3.09. The Morgan fingerprint density at radius 1 is 1.30 bits per heavy atom. The molecule has 1 amide bonds. The Bertz CT molecular complexity index is 1220. The summed E-state index contributed by atoms with van der Waals surface area (Å²) in [5.41, 5.74) is 3.41. The molecule has 6 heteroatoms. The molecule has 1 spiro atoms. The third-order valence-electron chi connectivity index (χ3n) is 7.82. The second-order valence-corrected chi connectivity index (χ2v) is 9.37. The van der Waals surface area contributed by atoms with Crippen molar-refractivity contribution >= 4 is 23.5 Å². The minimum atomic E-state index is -0.532. The van der Waals surface area contributed by atoms with Gasteiger partial charge < -0.3 is 19.7 Å². The van der Waals surface area contributed by atoms with E-state index < -0.39 is 11.5 Å². The highest BCUT2D eigenvalue weighted by molar-refractivity contribution is 6.03. The molecule has 0 saturated carbocycles. The van der Waals surface area contributed by atoms with E-state index in [2.05, 4.69) is 23.3 Å². The summed E-state index contributed by atoms with van der Waals surface area (Å²) < 4.78 is 12.0. The highest BCUT2D eigenvalue weighted by Gasteiger charge is 2.65. The van der Waals surface area contributed by atoms with E-state index >= 15 is 0 Å². The normalized spacial score (nSPS) is 29.0. The summed E-state index contributed by atoms with van der Waals surface area (Å²) >= 11 is 0. The first kappa shape index (κ1) is 20.2. The van der Waals surface area contributed by atoms with Gasteiger partial charge in [-0.2, -0.15) is 0 Å². The van der Waals surface area contributed by atoms with E-state index in [0.29, 0.717) is 11.5 Å². The molecular formula is C27H26N2O4. The summed E-state index contributed by atoms with van der Waals surface area (Å²) in [5.74, 6) is 1.23. The number of nitrogens with zero attached hydrogens (tertiary/aromatic N) is 1. The number of likely N-dealkylation sites (N-methyl/N-ethyl adjacent to an activating group) is 1. The second-order valence-electron chi connectivity index (χ2n) is 9.37. The number of likely N-dealkylation sites (tertiary alicyclic amines) is 1. The summed E-state index contributed by atoms with van der Waals surface area (Å²) in [7, 11) is 3.74. The average molecular weight is 443 g/mol. The number of hydrogen-bond acceptors (Lipinski definition) is 5. The number of ketones is 1. The second kappa shape index (κ2) is 7.32. The van der Waals surface area contributed by atoms with Crippen LogP contribution in [0.4, 0.5) is 5.69 Å². The Hall–Kier alpha value is -3.38. The van der Waals surface area contributed by atoms with E-state index in [1.165, 1.54) is 0 Å². The first-order chi connectivity index (χ1) is 16.0. The summed E-state index contributed by atoms with van der Waals surface area (Å²) in [6.07, 6.45) is 8.20. The first-order valence-corrected chi connectivity index (χ1v) is 11.4. The number of hydrogen-bond donors (Lipinski definition) is 1. The fourth-order valence-electron chi connectivity index (χ4n) is 6.33. The highest BCUT2D eigenvalue weighted by atomic mass is 16.5. The SMILES string of the molecule is COc1cc(NC(=O)C=Cc2ccccc2)c2c3c1O[C@H]1C(=O)C=C[C@H]4[C@@H](C2)N(C)CC[C@]314. The van der Waals surface area contributed by atoms with Gasteiger partial charge in [0, 0.05) is 35.4 Å². The topological polar surface area (TPSA) is 67.9 Å². The van der Waals surface area contributed by atoms with Crippen molar-refractivity contribution in [2.24, 2.45) is 5.92 Å². The molecule has 6 nitrogen and oxygen atoms in total. The van der Waals surface area contributed by atoms with Gasteiger partial charge >= 0.3 is 0 Å². The van der Waals surface area contributed by atoms with Crippen molar-refractivity contribution in [3.63, 3.8) is 0 Å². The molecule has 6 rings (SSSR count). The fraction of sp³-hybridized carbons (Fsp3) is 0.333. The molecule has 2 aliphatic heterocycles. The van der Waals surface area contributed by atoms with Crippen LogP contribution < -0.4 is 14.8 Å². The number of nitrogens with one attached hydrogen (secondary N) is 1. The predicted molar refractivity (Wildman–Crippen MR) is 126 cm³/mol. The lowest BCUT2D eigenvalue weighted by Crippen LogP contribution is -2.64. The van der Waals surface area contributed by atoms with E-state index in [1.807, 2.05) is 36.4 Å². The van der Waals surface area contributed by atoms with Gasteiger partial charge in [-0.15, -0.1) is 0 Å². The van der Waals surface area contributed by atoms with Gasteiger partial charge in [0.1, 0.15) is 0 Å². The van der Waals surface area contributed by atoms with Crippen molar-refractivity contribution in [1.82, 2.24) is 4.90 Å². The maximum Gasteiger partial charge on any atom is 0.248 e. The van der Waals surface area contributed by atoms with Crippen LogP contribution in [-0.4, -0.2) is 49.4 Å². The Balaban J connectivity index is 1.45. The number of benzene rings is 2. The quantitative estimate of drug-likeness (QED) is 0.736. The molecule has 1 saturated heterocycles. The van der Waals surface area contributed by atoms with Crippen LogP contribution >= 0.6 is 0 Å². The lowest BCUT2D eigenvalue weighted by molar-refractivity contribution is -0.127. The number of anilines is 1. The maximum absolute atomic E-state index is 12.9. The molecule has 0 radical (unpaired) electrons. The Morgan fingerprint density at radius 2 is 2.12 bits per heavy atom. The van der Waals surface area contributed by atoms with E-state index in [-0.39, 0.29) is 23.7 Å². The van der Waals surface area contributed by atoms with Crippen molar-refractivity contribution < 1.29 is 19.1 Å². The van der Waals surface area contributed by atoms with Gasteiger partial charge in [-0.1, -0.05) is 36.4 Å². The van der Waals surface area contributed by atoms with E-state index in [4.69, 9.17) is 9.47 Å². The zero-order valence-electron chi connectivity index (χ0n) is 18.7. The number of piperidine rings is 1. The fourth-order valence-corrected chi connectivity index (χ4v) is 6.33. The van der Waals surface area contributed by atoms with Crippen molar-refractivity contribution in [2.45, 2.75) is 30.4 Å². The van der Waals surface area contributed by atoms with Crippen LogP contribution in [0.15, 0.2) is 54.6 Å². The first-order valence-electron chi connectivity index (χ1n) is 11.4.